The molecule has 116 valence electrons. The third-order valence-corrected chi connectivity index (χ3v) is 5.38. The van der Waals surface area contributed by atoms with Crippen molar-refractivity contribution in [1.29, 1.82) is 0 Å². The van der Waals surface area contributed by atoms with E-state index in [1.54, 1.807) is 4.57 Å². The molecule has 2 saturated heterocycles. The van der Waals surface area contributed by atoms with Crippen molar-refractivity contribution in [3.63, 3.8) is 0 Å². The molecule has 9 nitrogen and oxygen atoms in total. The maximum absolute atomic E-state index is 11.9. The average Bonchev–Trinajstić information content (AvgIpc) is 2.86. The van der Waals surface area contributed by atoms with Crippen LogP contribution in [0, 0.1) is 0 Å². The summed E-state index contributed by atoms with van der Waals surface area (Å²) in [6, 6.07) is 0. The molecule has 2 aliphatic heterocycles. The second kappa shape index (κ2) is 3.50. The van der Waals surface area contributed by atoms with Crippen LogP contribution < -0.4 is 11.3 Å². The van der Waals surface area contributed by atoms with Crippen LogP contribution in [0.4, 0.5) is 5.95 Å². The predicted octanol–water partition coefficient (Wildman–Crippen LogP) is -0.718. The number of H-pyrrole nitrogens is 1. The Morgan fingerprint density at radius 3 is 3.14 bits per heavy atom. The summed E-state index contributed by atoms with van der Waals surface area (Å²) in [7, 11) is 0. The topological polar surface area (TPSA) is 128 Å². The number of ether oxygens (including phenoxy) is 2. The van der Waals surface area contributed by atoms with Crippen LogP contribution in [0.25, 0.3) is 11.2 Å². The number of nitrogen functional groups attached to an aromatic ring is 1. The Morgan fingerprint density at radius 2 is 2.45 bits per heavy atom. The van der Waals surface area contributed by atoms with E-state index in [4.69, 9.17) is 15.2 Å². The van der Waals surface area contributed by atoms with Crippen LogP contribution in [0.2, 0.25) is 0 Å². The first kappa shape index (κ1) is 12.6. The molecule has 1 aliphatic carbocycles. The fourth-order valence-electron chi connectivity index (χ4n) is 4.15. The Balaban J connectivity index is 1.66. The van der Waals surface area contributed by atoms with E-state index < -0.39 is 29.1 Å². The number of aromatic nitrogens is 4. The van der Waals surface area contributed by atoms with Crippen molar-refractivity contribution >= 4 is 17.1 Å². The second-order valence-electron chi connectivity index (χ2n) is 6.21. The number of nitrogens with one attached hydrogen (secondary N) is 1. The summed E-state index contributed by atoms with van der Waals surface area (Å²) in [5.41, 5.74) is 4.17. The summed E-state index contributed by atoms with van der Waals surface area (Å²) >= 11 is 0. The highest BCUT2D eigenvalue weighted by Gasteiger charge is 2.83. The number of nitrogens with zero attached hydrogens (tertiary/aromatic N) is 3. The molecular weight excluding hydrogens is 290 g/mol. The minimum atomic E-state index is -0.963. The molecule has 2 aromatic heterocycles. The molecule has 0 aromatic carbocycles. The smallest absolute Gasteiger partial charge is 0.280 e. The lowest BCUT2D eigenvalue weighted by atomic mass is 9.57. The van der Waals surface area contributed by atoms with Crippen LogP contribution in [0.15, 0.2) is 11.1 Å². The summed E-state index contributed by atoms with van der Waals surface area (Å²) in [5, 5.41) is 10.9. The van der Waals surface area contributed by atoms with E-state index in [0.717, 1.165) is 0 Å². The maximum Gasteiger partial charge on any atom is 0.280 e. The number of rotatable bonds is 2. The average molecular weight is 305 g/mol. The third-order valence-electron chi connectivity index (χ3n) is 5.38. The summed E-state index contributed by atoms with van der Waals surface area (Å²) in [5.74, 6) is 0.0107. The molecule has 5 rings (SSSR count). The summed E-state index contributed by atoms with van der Waals surface area (Å²) in [6.07, 6.45) is 1.63. The van der Waals surface area contributed by atoms with Gasteiger partial charge in [-0.2, -0.15) is 4.98 Å². The molecule has 0 spiro atoms. The molecular formula is C13H15N5O4. The number of hydrogen-bond donors (Lipinski definition) is 3. The van der Waals surface area contributed by atoms with E-state index in [0.29, 0.717) is 18.5 Å². The second-order valence-corrected chi connectivity index (χ2v) is 6.21. The number of aromatic amines is 1. The van der Waals surface area contributed by atoms with Gasteiger partial charge in [-0.15, -0.1) is 0 Å². The Kier molecular flexibility index (Phi) is 2.00. The number of aliphatic hydroxyl groups is 1. The van der Waals surface area contributed by atoms with Crippen molar-refractivity contribution < 1.29 is 14.6 Å². The number of imidazole rings is 1. The summed E-state index contributed by atoms with van der Waals surface area (Å²) in [4.78, 5) is 22.5. The van der Waals surface area contributed by atoms with Crippen molar-refractivity contribution in [1.82, 2.24) is 19.5 Å². The zero-order valence-electron chi connectivity index (χ0n) is 11.8. The SMILES string of the molecule is CC[C@@]12CC3OC([C@H](n4cnc5c(=O)[nH]c(N)nc54)O1)C32O. The van der Waals surface area contributed by atoms with E-state index >= 15 is 0 Å². The molecule has 3 fully saturated rings. The summed E-state index contributed by atoms with van der Waals surface area (Å²) < 4.78 is 13.5. The largest absolute Gasteiger partial charge is 0.381 e. The normalized spacial score (nSPS) is 42.0. The minimum absolute atomic E-state index is 0.0107. The van der Waals surface area contributed by atoms with Crippen molar-refractivity contribution in [3.05, 3.63) is 16.7 Å². The van der Waals surface area contributed by atoms with Gasteiger partial charge in [-0.1, -0.05) is 6.92 Å². The quantitative estimate of drug-likeness (QED) is 0.668. The molecule has 22 heavy (non-hydrogen) atoms. The predicted molar refractivity (Wildman–Crippen MR) is 73.9 cm³/mol. The van der Waals surface area contributed by atoms with E-state index in [9.17, 15) is 9.90 Å². The molecule has 0 bridgehead atoms. The number of nitrogens with two attached hydrogens (primary N) is 1. The van der Waals surface area contributed by atoms with Gasteiger partial charge in [-0.25, -0.2) is 4.98 Å². The van der Waals surface area contributed by atoms with Gasteiger partial charge in [0.1, 0.15) is 11.7 Å². The van der Waals surface area contributed by atoms with Gasteiger partial charge < -0.3 is 20.3 Å². The number of anilines is 1. The van der Waals surface area contributed by atoms with Gasteiger partial charge in [0.15, 0.2) is 23.0 Å². The monoisotopic (exact) mass is 305 g/mol. The van der Waals surface area contributed by atoms with Crippen molar-refractivity contribution in [3.8, 4) is 0 Å². The zero-order chi connectivity index (χ0) is 15.3. The first-order chi connectivity index (χ1) is 10.5. The Morgan fingerprint density at radius 1 is 1.64 bits per heavy atom. The fourth-order valence-corrected chi connectivity index (χ4v) is 4.15. The van der Waals surface area contributed by atoms with Crippen LogP contribution >= 0.6 is 0 Å². The fraction of sp³-hybridized carbons (Fsp3) is 0.615. The van der Waals surface area contributed by atoms with Crippen molar-refractivity contribution in [2.75, 3.05) is 5.73 Å². The van der Waals surface area contributed by atoms with Gasteiger partial charge in [0.25, 0.3) is 5.56 Å². The van der Waals surface area contributed by atoms with Crippen molar-refractivity contribution in [2.45, 2.75) is 49.4 Å². The van der Waals surface area contributed by atoms with Crippen LogP contribution in [-0.2, 0) is 9.47 Å². The van der Waals surface area contributed by atoms with Crippen LogP contribution in [-0.4, -0.2) is 48.0 Å². The molecule has 0 radical (unpaired) electrons. The van der Waals surface area contributed by atoms with Crippen LogP contribution in [0.5, 0.6) is 0 Å². The molecule has 4 heterocycles. The first-order valence-electron chi connectivity index (χ1n) is 7.28. The lowest BCUT2D eigenvalue weighted by Crippen LogP contribution is -2.82. The summed E-state index contributed by atoms with van der Waals surface area (Å²) in [6.45, 7) is 1.99. The Bertz CT molecular complexity index is 862. The van der Waals surface area contributed by atoms with E-state index in [1.807, 2.05) is 6.92 Å². The number of fused-ring (bicyclic) bond motifs is 1. The third kappa shape index (κ3) is 1.10. The Labute approximate surface area is 124 Å². The first-order valence-corrected chi connectivity index (χ1v) is 7.28. The van der Waals surface area contributed by atoms with Gasteiger partial charge in [-0.3, -0.25) is 14.3 Å². The molecule has 3 unspecified atom stereocenters. The van der Waals surface area contributed by atoms with Gasteiger partial charge in [-0.05, 0) is 6.42 Å². The molecule has 5 atom stereocenters. The molecule has 1 saturated carbocycles. The minimum Gasteiger partial charge on any atom is -0.381 e. The molecule has 3 aliphatic rings. The van der Waals surface area contributed by atoms with E-state index in [-0.39, 0.29) is 17.6 Å². The van der Waals surface area contributed by atoms with Gasteiger partial charge in [0.05, 0.1) is 12.4 Å². The molecule has 4 N–H and O–H groups in total. The lowest BCUT2D eigenvalue weighted by Gasteiger charge is -2.63. The maximum atomic E-state index is 11.9. The van der Waals surface area contributed by atoms with Gasteiger partial charge in [0.2, 0.25) is 5.95 Å². The van der Waals surface area contributed by atoms with E-state index in [1.165, 1.54) is 6.33 Å². The highest BCUT2D eigenvalue weighted by atomic mass is 16.7. The van der Waals surface area contributed by atoms with Crippen LogP contribution in [0.3, 0.4) is 0 Å². The number of hydrogen-bond acceptors (Lipinski definition) is 7. The van der Waals surface area contributed by atoms with E-state index in [2.05, 4.69) is 15.0 Å². The zero-order valence-corrected chi connectivity index (χ0v) is 11.8. The van der Waals surface area contributed by atoms with Crippen molar-refractivity contribution in [2.24, 2.45) is 0 Å². The highest BCUT2D eigenvalue weighted by molar-refractivity contribution is 5.70. The standard InChI is InChI=1S/C13H15N5O4/c1-2-12-3-5-13(12,20)7(21-5)10(22-12)18-4-15-6-8(18)16-11(14)17-9(6)19/h4-5,7,10,20H,2-3H2,1H3,(H3,14,16,17,19)/t5?,7?,10-,12+,13?/m1/s1. The molecule has 2 aromatic rings. The molecule has 0 amide bonds. The molecule has 9 heteroatoms. The van der Waals surface area contributed by atoms with Crippen LogP contribution in [0.1, 0.15) is 26.0 Å². The van der Waals surface area contributed by atoms with Gasteiger partial charge in [0, 0.05) is 6.42 Å². The lowest BCUT2D eigenvalue weighted by molar-refractivity contribution is -0.369. The van der Waals surface area contributed by atoms with Gasteiger partial charge >= 0.3 is 0 Å². The Hall–Kier alpha value is -1.97. The highest BCUT2D eigenvalue weighted by Crippen LogP contribution is 2.67.